The number of likely N-dealkylation sites (N-methyl/N-ethyl adjacent to an activating group) is 1. The zero-order valence-corrected chi connectivity index (χ0v) is 22.8. The van der Waals surface area contributed by atoms with Crippen molar-refractivity contribution in [2.75, 3.05) is 7.05 Å². The van der Waals surface area contributed by atoms with E-state index >= 15 is 0 Å². The molecule has 0 aromatic carbocycles. The van der Waals surface area contributed by atoms with E-state index in [0.29, 0.717) is 41.9 Å². The Kier molecular flexibility index (Phi) is 10.6. The van der Waals surface area contributed by atoms with Crippen molar-refractivity contribution in [3.8, 4) is 0 Å². The molecular formula is C28H51NO4. The topological polar surface area (TPSA) is 55.8 Å². The van der Waals surface area contributed by atoms with Gasteiger partial charge in [-0.15, -0.1) is 0 Å². The normalized spacial score (nSPS) is 31.5. The molecule has 192 valence electrons. The van der Waals surface area contributed by atoms with Crippen molar-refractivity contribution in [2.45, 2.75) is 119 Å². The second kappa shape index (κ2) is 12.4. The summed E-state index contributed by atoms with van der Waals surface area (Å²) in [5.74, 6) is 2.82. The molecule has 0 spiro atoms. The Morgan fingerprint density at radius 3 is 1.67 bits per heavy atom. The van der Waals surface area contributed by atoms with E-state index in [9.17, 15) is 9.59 Å². The molecule has 5 nitrogen and oxygen atoms in total. The highest BCUT2D eigenvalue weighted by molar-refractivity contribution is 5.81. The predicted molar refractivity (Wildman–Crippen MR) is 134 cm³/mol. The highest BCUT2D eigenvalue weighted by atomic mass is 16.6. The molecule has 0 aromatic rings. The van der Waals surface area contributed by atoms with Gasteiger partial charge >= 0.3 is 12.1 Å². The van der Waals surface area contributed by atoms with Gasteiger partial charge in [0.1, 0.15) is 18.2 Å². The van der Waals surface area contributed by atoms with Gasteiger partial charge in [0.25, 0.3) is 0 Å². The number of esters is 1. The molecule has 5 heteroatoms. The number of carbonyl (C=O) groups is 2. The van der Waals surface area contributed by atoms with E-state index in [-0.39, 0.29) is 30.2 Å². The van der Waals surface area contributed by atoms with Crippen LogP contribution in [-0.4, -0.2) is 42.3 Å². The molecule has 2 aliphatic carbocycles. The van der Waals surface area contributed by atoms with Gasteiger partial charge in [0, 0.05) is 7.05 Å². The number of hydrogen-bond donors (Lipinski definition) is 0. The smallest absolute Gasteiger partial charge is 0.410 e. The largest absolute Gasteiger partial charge is 0.461 e. The lowest BCUT2D eigenvalue weighted by Crippen LogP contribution is -2.48. The van der Waals surface area contributed by atoms with Crippen molar-refractivity contribution in [3.63, 3.8) is 0 Å². The Balaban J connectivity index is 2.11. The summed E-state index contributed by atoms with van der Waals surface area (Å²) in [5.41, 5.74) is 0. The fourth-order valence-corrected chi connectivity index (χ4v) is 5.93. The summed E-state index contributed by atoms with van der Waals surface area (Å²) in [5, 5.41) is 0. The lowest BCUT2D eigenvalue weighted by atomic mass is 9.75. The summed E-state index contributed by atoms with van der Waals surface area (Å²) in [4.78, 5) is 28.1. The molecule has 2 rings (SSSR count). The zero-order valence-electron chi connectivity index (χ0n) is 22.8. The molecule has 33 heavy (non-hydrogen) atoms. The zero-order chi connectivity index (χ0) is 24.9. The van der Waals surface area contributed by atoms with Gasteiger partial charge in [-0.2, -0.15) is 0 Å². The molecule has 1 amide bonds. The molecule has 7 unspecified atom stereocenters. The maximum Gasteiger partial charge on any atom is 0.410 e. The van der Waals surface area contributed by atoms with Crippen LogP contribution in [0.3, 0.4) is 0 Å². The summed E-state index contributed by atoms with van der Waals surface area (Å²) in [6.07, 6.45) is 6.42. The minimum atomic E-state index is -0.610. The molecule has 0 aromatic heterocycles. The number of rotatable bonds is 8. The average molecular weight is 466 g/mol. The van der Waals surface area contributed by atoms with Crippen LogP contribution in [0.4, 0.5) is 4.79 Å². The first-order chi connectivity index (χ1) is 15.4. The highest BCUT2D eigenvalue weighted by Crippen LogP contribution is 2.37. The number of nitrogens with zero attached hydrogens (tertiary/aromatic N) is 1. The van der Waals surface area contributed by atoms with Crippen molar-refractivity contribution in [3.05, 3.63) is 0 Å². The Morgan fingerprint density at radius 1 is 0.788 bits per heavy atom. The van der Waals surface area contributed by atoms with Gasteiger partial charge in [-0.3, -0.25) is 4.90 Å². The fraction of sp³-hybridized carbons (Fsp3) is 0.929. The second-order valence-corrected chi connectivity index (χ2v) is 12.3. The van der Waals surface area contributed by atoms with Gasteiger partial charge in [0.15, 0.2) is 0 Å². The molecule has 2 fully saturated rings. The lowest BCUT2D eigenvalue weighted by Gasteiger charge is -2.39. The summed E-state index contributed by atoms with van der Waals surface area (Å²) < 4.78 is 12.2. The van der Waals surface area contributed by atoms with E-state index in [0.717, 1.165) is 25.7 Å². The maximum atomic E-state index is 13.4. The number of amides is 1. The van der Waals surface area contributed by atoms with Crippen LogP contribution in [0, 0.1) is 41.4 Å². The molecule has 0 radical (unpaired) electrons. The number of carbonyl (C=O) groups excluding carboxylic acids is 2. The van der Waals surface area contributed by atoms with E-state index in [1.54, 1.807) is 7.05 Å². The van der Waals surface area contributed by atoms with E-state index in [1.807, 2.05) is 0 Å². The van der Waals surface area contributed by atoms with Gasteiger partial charge in [-0.25, -0.2) is 9.59 Å². The SMILES string of the molecule is CC(C)CC(C(=O)OC1CC(C)CCC1C(C)C)N(C)C(=O)OC1CC(C)CCC1C(C)C. The summed E-state index contributed by atoms with van der Waals surface area (Å²) in [7, 11) is 1.71. The molecule has 7 atom stereocenters. The fourth-order valence-electron chi connectivity index (χ4n) is 5.93. The van der Waals surface area contributed by atoms with Gasteiger partial charge in [0.2, 0.25) is 0 Å². The van der Waals surface area contributed by atoms with E-state index in [2.05, 4.69) is 55.4 Å². The second-order valence-electron chi connectivity index (χ2n) is 12.3. The summed E-state index contributed by atoms with van der Waals surface area (Å²) in [6, 6.07) is -0.610. The molecule has 0 heterocycles. The first-order valence-electron chi connectivity index (χ1n) is 13.5. The monoisotopic (exact) mass is 465 g/mol. The summed E-state index contributed by atoms with van der Waals surface area (Å²) in [6.45, 7) is 17.5. The minimum absolute atomic E-state index is 0.0650. The van der Waals surface area contributed by atoms with Crippen LogP contribution >= 0.6 is 0 Å². The molecule has 2 aliphatic rings. The Bertz CT molecular complexity index is 631. The van der Waals surface area contributed by atoms with Crippen LogP contribution in [0.15, 0.2) is 0 Å². The van der Waals surface area contributed by atoms with Crippen molar-refractivity contribution in [1.29, 1.82) is 0 Å². The van der Waals surface area contributed by atoms with Crippen LogP contribution in [-0.2, 0) is 14.3 Å². The van der Waals surface area contributed by atoms with Crippen LogP contribution in [0.2, 0.25) is 0 Å². The van der Waals surface area contributed by atoms with Gasteiger partial charge in [-0.1, -0.05) is 68.2 Å². The van der Waals surface area contributed by atoms with Gasteiger partial charge in [-0.05, 0) is 73.5 Å². The molecule has 0 aliphatic heterocycles. The van der Waals surface area contributed by atoms with E-state index in [1.165, 1.54) is 17.7 Å². The van der Waals surface area contributed by atoms with Crippen LogP contribution in [0.25, 0.3) is 0 Å². The van der Waals surface area contributed by atoms with Crippen LogP contribution in [0.1, 0.15) is 100 Å². The van der Waals surface area contributed by atoms with E-state index < -0.39 is 6.04 Å². The van der Waals surface area contributed by atoms with Crippen LogP contribution in [0.5, 0.6) is 0 Å². The number of ether oxygens (including phenoxy) is 2. The maximum absolute atomic E-state index is 13.4. The first kappa shape index (κ1) is 28.0. The predicted octanol–water partition coefficient (Wildman–Crippen LogP) is 6.93. The van der Waals surface area contributed by atoms with E-state index in [4.69, 9.17) is 9.47 Å². The average Bonchev–Trinajstić information content (AvgIpc) is 2.70. The van der Waals surface area contributed by atoms with Crippen LogP contribution < -0.4 is 0 Å². The third kappa shape index (κ3) is 7.89. The van der Waals surface area contributed by atoms with Gasteiger partial charge < -0.3 is 9.47 Å². The Labute approximate surface area is 203 Å². The van der Waals surface area contributed by atoms with Crippen molar-refractivity contribution < 1.29 is 19.1 Å². The van der Waals surface area contributed by atoms with Crippen molar-refractivity contribution >= 4 is 12.1 Å². The van der Waals surface area contributed by atoms with Gasteiger partial charge in [0.05, 0.1) is 0 Å². The third-order valence-corrected chi connectivity index (χ3v) is 8.16. The van der Waals surface area contributed by atoms with Crippen molar-refractivity contribution in [2.24, 2.45) is 41.4 Å². The standard InChI is InChI=1S/C28H51NO4/c1-17(2)14-24(27(30)32-25-15-20(7)10-12-22(25)18(3)4)29(9)28(31)33-26-16-21(8)11-13-23(26)19(5)6/h17-26H,10-16H2,1-9H3. The number of hydrogen-bond acceptors (Lipinski definition) is 4. The Morgan fingerprint density at radius 2 is 1.24 bits per heavy atom. The molecule has 0 N–H and O–H groups in total. The molecule has 0 bridgehead atoms. The third-order valence-electron chi connectivity index (χ3n) is 8.16. The lowest BCUT2D eigenvalue weighted by molar-refractivity contribution is -0.162. The first-order valence-corrected chi connectivity index (χ1v) is 13.5. The molecule has 0 saturated heterocycles. The summed E-state index contributed by atoms with van der Waals surface area (Å²) >= 11 is 0. The molecule has 2 saturated carbocycles. The molecular weight excluding hydrogens is 414 g/mol. The quantitative estimate of drug-likeness (QED) is 0.365. The highest BCUT2D eigenvalue weighted by Gasteiger charge is 2.39. The Hall–Kier alpha value is -1.26. The van der Waals surface area contributed by atoms with Crippen molar-refractivity contribution in [1.82, 2.24) is 4.90 Å². The minimum Gasteiger partial charge on any atom is -0.461 e.